The summed E-state index contributed by atoms with van der Waals surface area (Å²) >= 11 is 11.3. The maximum absolute atomic E-state index is 11.5. The van der Waals surface area contributed by atoms with Crippen LogP contribution in [-0.4, -0.2) is 19.6 Å². The standard InChI is InChI=1S/C9H12Cl2N2O3S/c1-5(2)12-17(15,16)13-6-3-7(10)9(14)8(11)4-6/h3-5,12-14H,1-2H3. The number of nitrogens with one attached hydrogen (secondary N) is 2. The van der Waals surface area contributed by atoms with Gasteiger partial charge in [0, 0.05) is 6.04 Å². The lowest BCUT2D eigenvalue weighted by molar-refractivity contribution is 0.476. The smallest absolute Gasteiger partial charge is 0.299 e. The molecule has 0 aliphatic rings. The van der Waals surface area contributed by atoms with Crippen LogP contribution in [0.5, 0.6) is 5.75 Å². The van der Waals surface area contributed by atoms with Gasteiger partial charge in [0.15, 0.2) is 5.75 Å². The molecule has 0 atom stereocenters. The first kappa shape index (κ1) is 14.4. The van der Waals surface area contributed by atoms with Crippen molar-refractivity contribution in [1.29, 1.82) is 0 Å². The minimum Gasteiger partial charge on any atom is -0.505 e. The van der Waals surface area contributed by atoms with E-state index in [0.717, 1.165) is 0 Å². The molecule has 1 aromatic carbocycles. The number of hydrogen-bond donors (Lipinski definition) is 3. The summed E-state index contributed by atoms with van der Waals surface area (Å²) in [6.45, 7) is 3.38. The van der Waals surface area contributed by atoms with Crippen molar-refractivity contribution >= 4 is 39.1 Å². The molecule has 1 rings (SSSR count). The molecule has 0 aliphatic carbocycles. The van der Waals surface area contributed by atoms with Crippen molar-refractivity contribution in [2.75, 3.05) is 4.72 Å². The van der Waals surface area contributed by atoms with Crippen molar-refractivity contribution in [3.05, 3.63) is 22.2 Å². The van der Waals surface area contributed by atoms with E-state index >= 15 is 0 Å². The third-order valence-corrected chi connectivity index (χ3v) is 3.52. The van der Waals surface area contributed by atoms with Gasteiger partial charge in [-0.15, -0.1) is 0 Å². The van der Waals surface area contributed by atoms with E-state index in [4.69, 9.17) is 23.2 Å². The van der Waals surface area contributed by atoms with Crippen molar-refractivity contribution in [3.63, 3.8) is 0 Å². The van der Waals surface area contributed by atoms with Gasteiger partial charge in [-0.3, -0.25) is 4.72 Å². The minimum atomic E-state index is -3.68. The molecule has 0 saturated heterocycles. The SMILES string of the molecule is CC(C)NS(=O)(=O)Nc1cc(Cl)c(O)c(Cl)c1. The molecule has 0 radical (unpaired) electrons. The van der Waals surface area contributed by atoms with E-state index in [1.54, 1.807) is 13.8 Å². The van der Waals surface area contributed by atoms with Crippen LogP contribution < -0.4 is 9.44 Å². The predicted octanol–water partition coefficient (Wildman–Crippen LogP) is 2.35. The Morgan fingerprint density at radius 2 is 1.71 bits per heavy atom. The molecule has 8 heteroatoms. The fraction of sp³-hybridized carbons (Fsp3) is 0.333. The first-order valence-electron chi connectivity index (χ1n) is 4.69. The van der Waals surface area contributed by atoms with Crippen molar-refractivity contribution in [3.8, 4) is 5.75 Å². The third-order valence-electron chi connectivity index (χ3n) is 1.66. The highest BCUT2D eigenvalue weighted by molar-refractivity contribution is 7.90. The Kier molecular flexibility index (Phi) is 4.48. The van der Waals surface area contributed by atoms with Crippen LogP contribution in [0.1, 0.15) is 13.8 Å². The second-order valence-corrected chi connectivity index (χ2v) is 5.93. The molecular formula is C9H12Cl2N2O3S. The number of benzene rings is 1. The highest BCUT2D eigenvalue weighted by Crippen LogP contribution is 2.34. The summed E-state index contributed by atoms with van der Waals surface area (Å²) in [6.07, 6.45) is 0. The van der Waals surface area contributed by atoms with Gasteiger partial charge in [0.05, 0.1) is 15.7 Å². The Morgan fingerprint density at radius 3 is 2.12 bits per heavy atom. The molecule has 0 aromatic heterocycles. The molecular weight excluding hydrogens is 287 g/mol. The Morgan fingerprint density at radius 1 is 1.24 bits per heavy atom. The maximum Gasteiger partial charge on any atom is 0.299 e. The van der Waals surface area contributed by atoms with E-state index in [9.17, 15) is 13.5 Å². The summed E-state index contributed by atoms with van der Waals surface area (Å²) in [5, 5.41) is 9.26. The molecule has 5 nitrogen and oxygen atoms in total. The number of phenols is 1. The summed E-state index contributed by atoms with van der Waals surface area (Å²) in [7, 11) is -3.68. The summed E-state index contributed by atoms with van der Waals surface area (Å²) in [6, 6.07) is 2.29. The molecule has 0 spiro atoms. The van der Waals surface area contributed by atoms with Gasteiger partial charge < -0.3 is 5.11 Å². The average Bonchev–Trinajstić information content (AvgIpc) is 2.10. The molecule has 17 heavy (non-hydrogen) atoms. The van der Waals surface area contributed by atoms with E-state index in [-0.39, 0.29) is 27.5 Å². The van der Waals surface area contributed by atoms with E-state index < -0.39 is 10.2 Å². The van der Waals surface area contributed by atoms with Gasteiger partial charge in [0.2, 0.25) is 0 Å². The van der Waals surface area contributed by atoms with Crippen LogP contribution >= 0.6 is 23.2 Å². The topological polar surface area (TPSA) is 78.4 Å². The molecule has 0 amide bonds. The largest absolute Gasteiger partial charge is 0.505 e. The summed E-state index contributed by atoms with van der Waals surface area (Å²) in [5.41, 5.74) is 0.172. The quantitative estimate of drug-likeness (QED) is 0.747. The van der Waals surface area contributed by atoms with Crippen LogP contribution in [0.25, 0.3) is 0 Å². The third kappa shape index (κ3) is 4.23. The molecule has 0 aliphatic heterocycles. The van der Waals surface area contributed by atoms with E-state index in [2.05, 4.69) is 9.44 Å². The number of phenolic OH excluding ortho intramolecular Hbond substituents is 1. The lowest BCUT2D eigenvalue weighted by Crippen LogP contribution is -2.35. The fourth-order valence-corrected chi connectivity index (χ4v) is 2.71. The van der Waals surface area contributed by atoms with Crippen LogP contribution in [0.15, 0.2) is 12.1 Å². The number of halogens is 2. The van der Waals surface area contributed by atoms with E-state index in [0.29, 0.717) is 0 Å². The van der Waals surface area contributed by atoms with Gasteiger partial charge in [-0.05, 0) is 26.0 Å². The van der Waals surface area contributed by atoms with Gasteiger partial charge in [-0.2, -0.15) is 13.1 Å². The Bertz CT molecular complexity index is 494. The van der Waals surface area contributed by atoms with Crippen LogP contribution in [0, 0.1) is 0 Å². The Hall–Kier alpha value is -0.690. The normalized spacial score (nSPS) is 11.8. The predicted molar refractivity (Wildman–Crippen MR) is 68.9 cm³/mol. The zero-order chi connectivity index (χ0) is 13.2. The molecule has 0 fully saturated rings. The second kappa shape index (κ2) is 5.30. The zero-order valence-electron chi connectivity index (χ0n) is 9.16. The molecule has 0 bridgehead atoms. The number of hydrogen-bond acceptors (Lipinski definition) is 3. The molecule has 3 N–H and O–H groups in total. The number of anilines is 1. The zero-order valence-corrected chi connectivity index (χ0v) is 11.5. The monoisotopic (exact) mass is 298 g/mol. The van der Waals surface area contributed by atoms with Crippen LogP contribution in [0.4, 0.5) is 5.69 Å². The van der Waals surface area contributed by atoms with Gasteiger partial charge >= 0.3 is 0 Å². The lowest BCUT2D eigenvalue weighted by Gasteiger charge is -2.12. The molecule has 0 heterocycles. The summed E-state index contributed by atoms with van der Waals surface area (Å²) < 4.78 is 27.7. The van der Waals surface area contributed by atoms with Gasteiger partial charge in [-0.1, -0.05) is 23.2 Å². The number of rotatable bonds is 4. The Labute approximate surface area is 110 Å². The first-order valence-corrected chi connectivity index (χ1v) is 6.93. The summed E-state index contributed by atoms with van der Waals surface area (Å²) in [5.74, 6) is -0.284. The highest BCUT2D eigenvalue weighted by Gasteiger charge is 2.13. The first-order chi connectivity index (χ1) is 7.71. The van der Waals surface area contributed by atoms with E-state index in [1.165, 1.54) is 12.1 Å². The lowest BCUT2D eigenvalue weighted by atomic mass is 10.3. The highest BCUT2D eigenvalue weighted by atomic mass is 35.5. The van der Waals surface area contributed by atoms with Crippen LogP contribution in [-0.2, 0) is 10.2 Å². The molecule has 0 saturated carbocycles. The van der Waals surface area contributed by atoms with Crippen molar-refractivity contribution in [1.82, 2.24) is 4.72 Å². The fourth-order valence-electron chi connectivity index (χ4n) is 1.12. The average molecular weight is 299 g/mol. The van der Waals surface area contributed by atoms with E-state index in [1.807, 2.05) is 0 Å². The second-order valence-electron chi connectivity index (χ2n) is 3.67. The van der Waals surface area contributed by atoms with Crippen molar-refractivity contribution in [2.45, 2.75) is 19.9 Å². The van der Waals surface area contributed by atoms with Gasteiger partial charge in [-0.25, -0.2) is 0 Å². The minimum absolute atomic E-state index is 0.0280. The van der Waals surface area contributed by atoms with Crippen LogP contribution in [0.3, 0.4) is 0 Å². The molecule has 96 valence electrons. The molecule has 0 unspecified atom stereocenters. The Balaban J connectivity index is 2.97. The van der Waals surface area contributed by atoms with Crippen molar-refractivity contribution in [2.24, 2.45) is 0 Å². The molecule has 1 aromatic rings. The van der Waals surface area contributed by atoms with Gasteiger partial charge in [0.1, 0.15) is 0 Å². The van der Waals surface area contributed by atoms with Gasteiger partial charge in [0.25, 0.3) is 10.2 Å². The van der Waals surface area contributed by atoms with Crippen molar-refractivity contribution < 1.29 is 13.5 Å². The summed E-state index contributed by atoms with van der Waals surface area (Å²) in [4.78, 5) is 0. The maximum atomic E-state index is 11.5. The van der Waals surface area contributed by atoms with Crippen LogP contribution in [0.2, 0.25) is 10.0 Å². The number of aromatic hydroxyl groups is 1.